The van der Waals surface area contributed by atoms with Crippen molar-refractivity contribution in [3.63, 3.8) is 0 Å². The zero-order chi connectivity index (χ0) is 25.7. The number of phosphoric acid groups is 1. The summed E-state index contributed by atoms with van der Waals surface area (Å²) in [5.41, 5.74) is 0. The molecule has 0 heterocycles. The van der Waals surface area contributed by atoms with Crippen LogP contribution in [0.5, 0.6) is 0 Å². The number of allylic oxidation sites excluding steroid dienone is 1. The van der Waals surface area contributed by atoms with E-state index >= 15 is 0 Å². The van der Waals surface area contributed by atoms with Gasteiger partial charge in [-0.05, 0) is 12.8 Å². The summed E-state index contributed by atoms with van der Waals surface area (Å²) >= 11 is 0. The number of aliphatic hydroxyl groups excluding tert-OH is 2. The highest BCUT2D eigenvalue weighted by molar-refractivity contribution is 7.47. The molecule has 3 atom stereocenters. The predicted molar refractivity (Wildman–Crippen MR) is 127 cm³/mol. The molecular weight excluding hydrogens is 467 g/mol. The minimum atomic E-state index is -4.58. The molecule has 34 heavy (non-hydrogen) atoms. The maximum absolute atomic E-state index is 12.2. The molecule has 0 radical (unpaired) electrons. The van der Waals surface area contributed by atoms with Crippen LogP contribution in [-0.4, -0.2) is 65.7 Å². The van der Waals surface area contributed by atoms with Crippen molar-refractivity contribution in [2.75, 3.05) is 26.4 Å². The molecule has 0 aliphatic carbocycles. The molecule has 0 bridgehead atoms. The first-order valence-electron chi connectivity index (χ1n) is 12.1. The first kappa shape index (κ1) is 32.7. The molecule has 200 valence electrons. The number of carbonyl (C=O) groups is 2. The fraction of sp³-hybridized carbons (Fsp3) is 0.826. The largest absolute Gasteiger partial charge is 0.472 e. The lowest BCUT2D eigenvalue weighted by Gasteiger charge is -2.20. The second-order valence-electron chi connectivity index (χ2n) is 8.03. The van der Waals surface area contributed by atoms with Gasteiger partial charge in [0.25, 0.3) is 0 Å². The number of carbonyl (C=O) groups excluding carboxylic acids is 2. The highest BCUT2D eigenvalue weighted by atomic mass is 31.2. The van der Waals surface area contributed by atoms with Crippen molar-refractivity contribution >= 4 is 19.8 Å². The standard InChI is InChI=1S/C23H43O10P/c1-3-5-7-9-10-11-13-15-23(27)33-21(18-30-22(26)14-12-8-6-4-2)19-32-34(28,29)31-17-20(25)16-24/h8,12,20-21,24-25H,3-7,9-11,13-19H2,1-2H3,(H,28,29)/b12-8-/t20-,21+/m0/s1. The van der Waals surface area contributed by atoms with Crippen LogP contribution in [0.3, 0.4) is 0 Å². The van der Waals surface area contributed by atoms with Gasteiger partial charge in [-0.25, -0.2) is 4.57 Å². The van der Waals surface area contributed by atoms with Gasteiger partial charge in [-0.2, -0.15) is 0 Å². The molecule has 3 N–H and O–H groups in total. The van der Waals surface area contributed by atoms with E-state index in [1.54, 1.807) is 6.08 Å². The SMILES string of the molecule is CCC/C=C\CC(=O)OC[C@H](COP(=O)(O)OC[C@@H](O)CO)OC(=O)CCCCCCCCC. The number of rotatable bonds is 22. The molecule has 0 aromatic rings. The summed E-state index contributed by atoms with van der Waals surface area (Å²) in [4.78, 5) is 33.8. The van der Waals surface area contributed by atoms with Gasteiger partial charge in [0.2, 0.25) is 0 Å². The van der Waals surface area contributed by atoms with E-state index in [4.69, 9.17) is 19.1 Å². The third-order valence-electron chi connectivity index (χ3n) is 4.68. The summed E-state index contributed by atoms with van der Waals surface area (Å²) < 4.78 is 31.8. The summed E-state index contributed by atoms with van der Waals surface area (Å²) in [5, 5.41) is 18.0. The summed E-state index contributed by atoms with van der Waals surface area (Å²) in [7, 11) is -4.58. The molecule has 0 saturated heterocycles. The fourth-order valence-corrected chi connectivity index (χ4v) is 3.53. The number of phosphoric ester groups is 1. The van der Waals surface area contributed by atoms with Crippen molar-refractivity contribution in [3.05, 3.63) is 12.2 Å². The lowest BCUT2D eigenvalue weighted by Crippen LogP contribution is -2.29. The summed E-state index contributed by atoms with van der Waals surface area (Å²) in [6.45, 7) is 2.00. The van der Waals surface area contributed by atoms with Crippen LogP contribution in [0.2, 0.25) is 0 Å². The number of esters is 2. The Hall–Kier alpha value is -1.29. The number of hydrogen-bond donors (Lipinski definition) is 3. The van der Waals surface area contributed by atoms with Gasteiger partial charge in [-0.3, -0.25) is 18.6 Å². The second kappa shape index (κ2) is 21.0. The van der Waals surface area contributed by atoms with Crippen molar-refractivity contribution in [1.82, 2.24) is 0 Å². The quantitative estimate of drug-likeness (QED) is 0.0849. The Labute approximate surface area is 203 Å². The molecule has 0 amide bonds. The van der Waals surface area contributed by atoms with Crippen LogP contribution in [0.1, 0.15) is 84.5 Å². The number of aliphatic hydroxyl groups is 2. The van der Waals surface area contributed by atoms with Gasteiger partial charge in [0.15, 0.2) is 6.10 Å². The van der Waals surface area contributed by atoms with Gasteiger partial charge in [-0.1, -0.05) is 70.9 Å². The minimum absolute atomic E-state index is 0.0558. The first-order valence-corrected chi connectivity index (χ1v) is 13.6. The van der Waals surface area contributed by atoms with Crippen LogP contribution in [0.4, 0.5) is 0 Å². The van der Waals surface area contributed by atoms with Gasteiger partial charge in [0.05, 0.1) is 26.2 Å². The van der Waals surface area contributed by atoms with Crippen molar-refractivity contribution in [3.8, 4) is 0 Å². The molecule has 0 fully saturated rings. The van der Waals surface area contributed by atoms with Gasteiger partial charge in [-0.15, -0.1) is 0 Å². The molecule has 0 aliphatic heterocycles. The van der Waals surface area contributed by atoms with Gasteiger partial charge < -0.3 is 24.6 Å². The van der Waals surface area contributed by atoms with E-state index in [-0.39, 0.29) is 19.4 Å². The number of ether oxygens (including phenoxy) is 2. The van der Waals surface area contributed by atoms with Crippen LogP contribution in [0.15, 0.2) is 12.2 Å². The lowest BCUT2D eigenvalue weighted by molar-refractivity contribution is -0.160. The van der Waals surface area contributed by atoms with Crippen molar-refractivity contribution < 1.29 is 47.8 Å². The fourth-order valence-electron chi connectivity index (χ4n) is 2.74. The average Bonchev–Trinajstić information content (AvgIpc) is 2.81. The van der Waals surface area contributed by atoms with Crippen LogP contribution < -0.4 is 0 Å². The summed E-state index contributed by atoms with van der Waals surface area (Å²) in [5.74, 6) is -1.06. The van der Waals surface area contributed by atoms with Crippen molar-refractivity contribution in [1.29, 1.82) is 0 Å². The molecule has 0 aromatic carbocycles. The Kier molecular flexibility index (Phi) is 20.2. The molecule has 0 saturated carbocycles. The second-order valence-corrected chi connectivity index (χ2v) is 9.48. The lowest BCUT2D eigenvalue weighted by atomic mass is 10.1. The molecule has 0 rings (SSSR count). The topological polar surface area (TPSA) is 149 Å². The van der Waals surface area contributed by atoms with Gasteiger partial charge in [0.1, 0.15) is 12.7 Å². The number of unbranched alkanes of at least 4 members (excludes halogenated alkanes) is 7. The zero-order valence-electron chi connectivity index (χ0n) is 20.6. The van der Waals surface area contributed by atoms with Crippen LogP contribution in [0, 0.1) is 0 Å². The van der Waals surface area contributed by atoms with Gasteiger partial charge in [0, 0.05) is 6.42 Å². The maximum Gasteiger partial charge on any atom is 0.472 e. The van der Waals surface area contributed by atoms with E-state index < -0.39 is 51.8 Å². The maximum atomic E-state index is 12.2. The van der Waals surface area contributed by atoms with Crippen LogP contribution in [0.25, 0.3) is 0 Å². The third-order valence-corrected chi connectivity index (χ3v) is 5.63. The molecule has 10 nitrogen and oxygen atoms in total. The van der Waals surface area contributed by atoms with Crippen LogP contribution in [-0.2, 0) is 32.7 Å². The number of hydrogen-bond acceptors (Lipinski definition) is 9. The Morgan fingerprint density at radius 3 is 2.18 bits per heavy atom. The Morgan fingerprint density at radius 2 is 1.53 bits per heavy atom. The highest BCUT2D eigenvalue weighted by Crippen LogP contribution is 2.43. The minimum Gasteiger partial charge on any atom is -0.461 e. The monoisotopic (exact) mass is 510 g/mol. The summed E-state index contributed by atoms with van der Waals surface area (Å²) in [6.07, 6.45) is 10.4. The Morgan fingerprint density at radius 1 is 0.882 bits per heavy atom. The Bertz CT molecular complexity index is 611. The van der Waals surface area contributed by atoms with Crippen LogP contribution >= 0.6 is 7.82 Å². The van der Waals surface area contributed by atoms with E-state index in [2.05, 4.69) is 11.4 Å². The van der Waals surface area contributed by atoms with E-state index in [1.807, 2.05) is 13.0 Å². The Balaban J connectivity index is 4.63. The molecule has 0 aliphatic rings. The molecular formula is C23H43O10P. The molecule has 0 aromatic heterocycles. The highest BCUT2D eigenvalue weighted by Gasteiger charge is 2.27. The smallest absolute Gasteiger partial charge is 0.461 e. The van der Waals surface area contributed by atoms with E-state index in [0.29, 0.717) is 6.42 Å². The average molecular weight is 511 g/mol. The molecule has 1 unspecified atom stereocenters. The van der Waals surface area contributed by atoms with Gasteiger partial charge >= 0.3 is 19.8 Å². The predicted octanol–water partition coefficient (Wildman–Crippen LogP) is 3.82. The normalized spacial score (nSPS) is 15.1. The van der Waals surface area contributed by atoms with E-state index in [1.165, 1.54) is 19.3 Å². The molecule has 0 spiro atoms. The van der Waals surface area contributed by atoms with Crippen molar-refractivity contribution in [2.24, 2.45) is 0 Å². The van der Waals surface area contributed by atoms with E-state index in [0.717, 1.165) is 32.1 Å². The molecule has 11 heteroatoms. The zero-order valence-corrected chi connectivity index (χ0v) is 21.5. The third kappa shape index (κ3) is 20.1. The first-order chi connectivity index (χ1) is 16.2. The summed E-state index contributed by atoms with van der Waals surface area (Å²) in [6, 6.07) is 0. The van der Waals surface area contributed by atoms with Crippen molar-refractivity contribution in [2.45, 2.75) is 96.7 Å². The van der Waals surface area contributed by atoms with E-state index in [9.17, 15) is 24.2 Å².